The van der Waals surface area contributed by atoms with Crippen molar-refractivity contribution in [2.24, 2.45) is 5.73 Å². The summed E-state index contributed by atoms with van der Waals surface area (Å²) in [5.41, 5.74) is 7.03. The molecule has 17 heavy (non-hydrogen) atoms. The first-order chi connectivity index (χ1) is 8.25. The largest absolute Gasteiger partial charge is 0.461 e. The lowest BCUT2D eigenvalue weighted by atomic mass is 10.1. The summed E-state index contributed by atoms with van der Waals surface area (Å²) in [4.78, 5) is 4.39. The van der Waals surface area contributed by atoms with Crippen LogP contribution in [0.4, 0.5) is 0 Å². The van der Waals surface area contributed by atoms with E-state index in [0.29, 0.717) is 17.5 Å². The van der Waals surface area contributed by atoms with Gasteiger partial charge in [0, 0.05) is 6.04 Å². The predicted octanol–water partition coefficient (Wildman–Crippen LogP) is 2.23. The highest BCUT2D eigenvalue weighted by Gasteiger charge is 2.30. The van der Waals surface area contributed by atoms with Crippen LogP contribution in [0.5, 0.6) is 0 Å². The smallest absolute Gasteiger partial charge is 0.238 e. The summed E-state index contributed by atoms with van der Waals surface area (Å²) in [5.74, 6) is 2.03. The monoisotopic (exact) mass is 233 g/mol. The number of hydrogen-bond donors (Lipinski definition) is 1. The van der Waals surface area contributed by atoms with Gasteiger partial charge in [0.25, 0.3) is 0 Å². The molecule has 1 saturated carbocycles. The van der Waals surface area contributed by atoms with Crippen LogP contribution < -0.4 is 5.73 Å². The van der Waals surface area contributed by atoms with Gasteiger partial charge in [-0.25, -0.2) is 0 Å². The van der Waals surface area contributed by atoms with Crippen LogP contribution >= 0.6 is 0 Å². The van der Waals surface area contributed by atoms with E-state index >= 15 is 0 Å². The highest BCUT2D eigenvalue weighted by atomic mass is 16.5. The van der Waals surface area contributed by atoms with Crippen LogP contribution in [-0.4, -0.2) is 16.2 Å². The van der Waals surface area contributed by atoms with Crippen molar-refractivity contribution < 1.29 is 8.94 Å². The molecule has 2 atom stereocenters. The van der Waals surface area contributed by atoms with Gasteiger partial charge in [0.05, 0.1) is 12.2 Å². The number of nitrogens with zero attached hydrogens (tertiary/aromatic N) is 2. The maximum atomic E-state index is 6.02. The maximum Gasteiger partial charge on any atom is 0.238 e. The second-order valence-corrected chi connectivity index (χ2v) is 4.59. The van der Waals surface area contributed by atoms with E-state index in [1.54, 1.807) is 6.26 Å². The molecule has 3 rings (SSSR count). The fourth-order valence-corrected chi connectivity index (χ4v) is 2.38. The fraction of sp³-hybridized carbons (Fsp3) is 0.500. The summed E-state index contributed by atoms with van der Waals surface area (Å²) < 4.78 is 10.6. The molecule has 2 heterocycles. The Hall–Kier alpha value is -1.62. The summed E-state index contributed by atoms with van der Waals surface area (Å²) in [6.45, 7) is 1.95. The van der Waals surface area contributed by atoms with Gasteiger partial charge in [-0.15, -0.1) is 0 Å². The van der Waals surface area contributed by atoms with Crippen molar-refractivity contribution in [2.45, 2.75) is 38.1 Å². The third-order valence-corrected chi connectivity index (χ3v) is 3.39. The second-order valence-electron chi connectivity index (χ2n) is 4.59. The van der Waals surface area contributed by atoms with E-state index < -0.39 is 0 Å². The number of aryl methyl sites for hydroxylation is 1. The first-order valence-corrected chi connectivity index (χ1v) is 5.89. The molecule has 0 radical (unpaired) electrons. The lowest BCUT2D eigenvalue weighted by Crippen LogP contribution is -2.22. The Bertz CT molecular complexity index is 517. The number of hydrogen-bond acceptors (Lipinski definition) is 5. The van der Waals surface area contributed by atoms with E-state index in [4.69, 9.17) is 14.7 Å². The maximum absolute atomic E-state index is 6.02. The van der Waals surface area contributed by atoms with Crippen LogP contribution in [0.1, 0.15) is 36.6 Å². The van der Waals surface area contributed by atoms with Gasteiger partial charge in [0.15, 0.2) is 5.76 Å². The topological polar surface area (TPSA) is 78.1 Å². The van der Waals surface area contributed by atoms with E-state index in [9.17, 15) is 0 Å². The molecule has 0 aromatic carbocycles. The van der Waals surface area contributed by atoms with Gasteiger partial charge in [-0.3, -0.25) is 0 Å². The van der Waals surface area contributed by atoms with Gasteiger partial charge in [-0.05, 0) is 31.4 Å². The zero-order valence-electron chi connectivity index (χ0n) is 9.72. The number of nitrogens with two attached hydrogens (primary N) is 1. The molecule has 1 fully saturated rings. The van der Waals surface area contributed by atoms with Crippen LogP contribution in [0.2, 0.25) is 0 Å². The zero-order chi connectivity index (χ0) is 11.8. The predicted molar refractivity (Wildman–Crippen MR) is 61.3 cm³/mol. The van der Waals surface area contributed by atoms with Gasteiger partial charge in [0.2, 0.25) is 11.7 Å². The molecule has 1 aliphatic carbocycles. The standard InChI is InChI=1S/C12H15N3O2/c1-7-5-6-16-10(7)11-14-12(17-15-11)8-3-2-4-9(8)13/h5-6,8-9H,2-4,13H2,1H3. The molecule has 0 bridgehead atoms. The summed E-state index contributed by atoms with van der Waals surface area (Å²) in [6.07, 6.45) is 4.81. The molecular weight excluding hydrogens is 218 g/mol. The summed E-state index contributed by atoms with van der Waals surface area (Å²) in [5, 5.41) is 3.96. The fourth-order valence-electron chi connectivity index (χ4n) is 2.38. The first-order valence-electron chi connectivity index (χ1n) is 5.89. The third-order valence-electron chi connectivity index (χ3n) is 3.39. The molecular formula is C12H15N3O2. The third kappa shape index (κ3) is 1.76. The number of aromatic nitrogens is 2. The molecule has 90 valence electrons. The summed E-state index contributed by atoms with van der Waals surface area (Å²) in [7, 11) is 0. The van der Waals surface area contributed by atoms with Crippen LogP contribution in [-0.2, 0) is 0 Å². The summed E-state index contributed by atoms with van der Waals surface area (Å²) in [6, 6.07) is 2.02. The van der Waals surface area contributed by atoms with E-state index in [0.717, 1.165) is 24.8 Å². The van der Waals surface area contributed by atoms with Crippen molar-refractivity contribution in [3.05, 3.63) is 23.8 Å². The van der Waals surface area contributed by atoms with Crippen LogP contribution in [0.25, 0.3) is 11.6 Å². The van der Waals surface area contributed by atoms with Crippen LogP contribution in [0.3, 0.4) is 0 Å². The van der Waals surface area contributed by atoms with Crippen LogP contribution in [0.15, 0.2) is 21.3 Å². The molecule has 5 nitrogen and oxygen atoms in total. The Morgan fingerprint density at radius 2 is 2.29 bits per heavy atom. The average molecular weight is 233 g/mol. The minimum atomic E-state index is 0.140. The minimum Gasteiger partial charge on any atom is -0.461 e. The molecule has 0 spiro atoms. The minimum absolute atomic E-state index is 0.140. The SMILES string of the molecule is Cc1ccoc1-c1noc(C2CCCC2N)n1. The van der Waals surface area contributed by atoms with Crippen molar-refractivity contribution in [2.75, 3.05) is 0 Å². The molecule has 2 N–H and O–H groups in total. The second kappa shape index (κ2) is 4.00. The van der Waals surface area contributed by atoms with E-state index in [1.165, 1.54) is 0 Å². The number of rotatable bonds is 2. The summed E-state index contributed by atoms with van der Waals surface area (Å²) >= 11 is 0. The van der Waals surface area contributed by atoms with Gasteiger partial charge >= 0.3 is 0 Å². The van der Waals surface area contributed by atoms with Crippen LogP contribution in [0, 0.1) is 6.92 Å². The van der Waals surface area contributed by atoms with Gasteiger partial charge < -0.3 is 14.7 Å². The average Bonchev–Trinajstić information content (AvgIpc) is 2.97. The Morgan fingerprint density at radius 1 is 1.41 bits per heavy atom. The highest BCUT2D eigenvalue weighted by Crippen LogP contribution is 2.33. The Labute approximate surface area is 99.0 Å². The lowest BCUT2D eigenvalue weighted by Gasteiger charge is -2.08. The van der Waals surface area contributed by atoms with Gasteiger partial charge in [-0.2, -0.15) is 4.98 Å². The highest BCUT2D eigenvalue weighted by molar-refractivity contribution is 5.51. The molecule has 0 aliphatic heterocycles. The van der Waals surface area contributed by atoms with E-state index in [1.807, 2.05) is 13.0 Å². The normalized spacial score (nSPS) is 24.4. The number of furan rings is 1. The lowest BCUT2D eigenvalue weighted by molar-refractivity contribution is 0.344. The zero-order valence-corrected chi connectivity index (χ0v) is 9.72. The molecule has 5 heteroatoms. The van der Waals surface area contributed by atoms with E-state index in [2.05, 4.69) is 10.1 Å². The molecule has 2 aromatic heterocycles. The molecule has 2 aromatic rings. The Morgan fingerprint density at radius 3 is 2.94 bits per heavy atom. The first kappa shape index (κ1) is 10.5. The Kier molecular flexibility index (Phi) is 2.48. The van der Waals surface area contributed by atoms with E-state index in [-0.39, 0.29) is 12.0 Å². The van der Waals surface area contributed by atoms with Gasteiger partial charge in [-0.1, -0.05) is 11.6 Å². The van der Waals surface area contributed by atoms with Crippen molar-refractivity contribution in [1.29, 1.82) is 0 Å². The van der Waals surface area contributed by atoms with Gasteiger partial charge in [0.1, 0.15) is 0 Å². The molecule has 2 unspecified atom stereocenters. The Balaban J connectivity index is 1.90. The molecule has 0 saturated heterocycles. The van der Waals surface area contributed by atoms with Crippen molar-refractivity contribution in [3.8, 4) is 11.6 Å². The molecule has 1 aliphatic rings. The quantitative estimate of drug-likeness (QED) is 0.860. The van der Waals surface area contributed by atoms with Crippen molar-refractivity contribution in [1.82, 2.24) is 10.1 Å². The molecule has 0 amide bonds. The van der Waals surface area contributed by atoms with Crippen molar-refractivity contribution in [3.63, 3.8) is 0 Å². The van der Waals surface area contributed by atoms with Crippen molar-refractivity contribution >= 4 is 0 Å².